The standard InChI is InChI=1S/C20H20N2O3/c1-13(19(23)15-7-9-16(25-2)10-8-15)22-20(24)18-17-6-4-3-5-14(17)11-12-21-18/h3-13,19,23H,1-2H3,(H,22,24). The summed E-state index contributed by atoms with van der Waals surface area (Å²) in [6, 6.07) is 16.1. The van der Waals surface area contributed by atoms with Gasteiger partial charge in [-0.1, -0.05) is 36.4 Å². The van der Waals surface area contributed by atoms with E-state index in [1.165, 1.54) is 0 Å². The number of aromatic nitrogens is 1. The molecule has 2 unspecified atom stereocenters. The predicted octanol–water partition coefficient (Wildman–Crippen LogP) is 3.10. The van der Waals surface area contributed by atoms with Crippen LogP contribution in [0.3, 0.4) is 0 Å². The number of methoxy groups -OCH3 is 1. The number of benzene rings is 2. The second-order valence-electron chi connectivity index (χ2n) is 5.86. The van der Waals surface area contributed by atoms with Gasteiger partial charge >= 0.3 is 0 Å². The van der Waals surface area contributed by atoms with Crippen molar-refractivity contribution < 1.29 is 14.6 Å². The molecule has 1 heterocycles. The molecule has 1 aromatic heterocycles. The van der Waals surface area contributed by atoms with Gasteiger partial charge in [-0.2, -0.15) is 0 Å². The maximum Gasteiger partial charge on any atom is 0.270 e. The lowest BCUT2D eigenvalue weighted by Gasteiger charge is -2.21. The number of aliphatic hydroxyl groups is 1. The number of hydrogen-bond acceptors (Lipinski definition) is 4. The van der Waals surface area contributed by atoms with Gasteiger partial charge in [-0.05, 0) is 36.1 Å². The minimum Gasteiger partial charge on any atom is -0.497 e. The zero-order chi connectivity index (χ0) is 17.8. The Kier molecular flexibility index (Phi) is 4.95. The number of aliphatic hydroxyl groups excluding tert-OH is 1. The topological polar surface area (TPSA) is 71.5 Å². The van der Waals surface area contributed by atoms with E-state index in [-0.39, 0.29) is 5.91 Å². The van der Waals surface area contributed by atoms with Crippen LogP contribution in [0.25, 0.3) is 10.8 Å². The summed E-state index contributed by atoms with van der Waals surface area (Å²) in [5, 5.41) is 15.1. The molecule has 0 spiro atoms. The van der Waals surface area contributed by atoms with Crippen molar-refractivity contribution in [1.82, 2.24) is 10.3 Å². The van der Waals surface area contributed by atoms with E-state index in [4.69, 9.17) is 4.74 Å². The zero-order valence-electron chi connectivity index (χ0n) is 14.1. The molecule has 0 radical (unpaired) electrons. The Hall–Kier alpha value is -2.92. The summed E-state index contributed by atoms with van der Waals surface area (Å²) in [6.07, 6.45) is 0.784. The second-order valence-corrected chi connectivity index (χ2v) is 5.86. The van der Waals surface area contributed by atoms with Crippen LogP contribution in [-0.4, -0.2) is 29.1 Å². The number of amides is 1. The van der Waals surface area contributed by atoms with Crippen molar-refractivity contribution in [2.24, 2.45) is 0 Å². The van der Waals surface area contributed by atoms with Gasteiger partial charge in [-0.25, -0.2) is 0 Å². The van der Waals surface area contributed by atoms with Crippen molar-refractivity contribution in [2.75, 3.05) is 7.11 Å². The van der Waals surface area contributed by atoms with Crippen LogP contribution in [0.1, 0.15) is 29.1 Å². The third kappa shape index (κ3) is 3.61. The molecule has 0 saturated carbocycles. The summed E-state index contributed by atoms with van der Waals surface area (Å²) in [5.74, 6) is 0.407. The summed E-state index contributed by atoms with van der Waals surface area (Å²) in [7, 11) is 1.59. The molecule has 5 nitrogen and oxygen atoms in total. The lowest BCUT2D eigenvalue weighted by atomic mass is 10.0. The summed E-state index contributed by atoms with van der Waals surface area (Å²) >= 11 is 0. The van der Waals surface area contributed by atoms with Crippen LogP contribution in [0.5, 0.6) is 5.75 Å². The molecule has 1 amide bonds. The molecular weight excluding hydrogens is 316 g/mol. The predicted molar refractivity (Wildman–Crippen MR) is 96.6 cm³/mol. The first-order chi connectivity index (χ1) is 12.1. The summed E-state index contributed by atoms with van der Waals surface area (Å²) in [4.78, 5) is 16.8. The Balaban J connectivity index is 1.77. The Labute approximate surface area is 146 Å². The van der Waals surface area contributed by atoms with Crippen molar-refractivity contribution in [3.05, 3.63) is 72.1 Å². The fourth-order valence-corrected chi connectivity index (χ4v) is 2.74. The van der Waals surface area contributed by atoms with Gasteiger partial charge in [0.25, 0.3) is 5.91 Å². The molecular formula is C20H20N2O3. The third-order valence-electron chi connectivity index (χ3n) is 4.18. The number of nitrogens with one attached hydrogen (secondary N) is 1. The van der Waals surface area contributed by atoms with Crippen LogP contribution < -0.4 is 10.1 Å². The van der Waals surface area contributed by atoms with E-state index in [9.17, 15) is 9.90 Å². The molecule has 128 valence electrons. The van der Waals surface area contributed by atoms with Gasteiger partial charge in [0.05, 0.1) is 19.3 Å². The van der Waals surface area contributed by atoms with Gasteiger partial charge < -0.3 is 15.2 Å². The third-order valence-corrected chi connectivity index (χ3v) is 4.18. The normalized spacial score (nSPS) is 13.2. The van der Waals surface area contributed by atoms with E-state index in [1.807, 2.05) is 30.3 Å². The largest absolute Gasteiger partial charge is 0.497 e. The maximum absolute atomic E-state index is 12.6. The van der Waals surface area contributed by atoms with Crippen LogP contribution in [0, 0.1) is 0 Å². The van der Waals surface area contributed by atoms with Gasteiger partial charge in [0.15, 0.2) is 0 Å². The van der Waals surface area contributed by atoms with Crippen molar-refractivity contribution in [1.29, 1.82) is 0 Å². The quantitative estimate of drug-likeness (QED) is 0.751. The van der Waals surface area contributed by atoms with Crippen LogP contribution in [-0.2, 0) is 0 Å². The minimum atomic E-state index is -0.829. The zero-order valence-corrected chi connectivity index (χ0v) is 14.1. The summed E-state index contributed by atoms with van der Waals surface area (Å²) < 4.78 is 5.11. The Morgan fingerprint density at radius 3 is 2.56 bits per heavy atom. The van der Waals surface area contributed by atoms with Crippen LogP contribution in [0.2, 0.25) is 0 Å². The first-order valence-corrected chi connectivity index (χ1v) is 8.07. The Morgan fingerprint density at radius 1 is 1.12 bits per heavy atom. The number of fused-ring (bicyclic) bond motifs is 1. The van der Waals surface area contributed by atoms with E-state index in [1.54, 1.807) is 44.5 Å². The number of pyridine rings is 1. The molecule has 0 saturated heterocycles. The van der Waals surface area contributed by atoms with E-state index < -0.39 is 12.1 Å². The highest BCUT2D eigenvalue weighted by Gasteiger charge is 2.20. The number of nitrogens with zero attached hydrogens (tertiary/aromatic N) is 1. The van der Waals surface area contributed by atoms with Gasteiger partial charge in [0.1, 0.15) is 11.4 Å². The van der Waals surface area contributed by atoms with Crippen molar-refractivity contribution in [3.8, 4) is 5.75 Å². The molecule has 2 aromatic carbocycles. The fourth-order valence-electron chi connectivity index (χ4n) is 2.74. The lowest BCUT2D eigenvalue weighted by Crippen LogP contribution is -2.37. The molecule has 0 aliphatic heterocycles. The SMILES string of the molecule is COc1ccc(C(O)C(C)NC(=O)c2nccc3ccccc23)cc1. The molecule has 2 N–H and O–H groups in total. The lowest BCUT2D eigenvalue weighted by molar-refractivity contribution is 0.0849. The minimum absolute atomic E-state index is 0.308. The van der Waals surface area contributed by atoms with E-state index >= 15 is 0 Å². The molecule has 0 aliphatic carbocycles. The highest BCUT2D eigenvalue weighted by Crippen LogP contribution is 2.21. The Morgan fingerprint density at radius 2 is 1.84 bits per heavy atom. The highest BCUT2D eigenvalue weighted by molar-refractivity contribution is 6.05. The molecule has 5 heteroatoms. The van der Waals surface area contributed by atoms with Crippen molar-refractivity contribution >= 4 is 16.7 Å². The monoisotopic (exact) mass is 336 g/mol. The van der Waals surface area contributed by atoms with E-state index in [0.29, 0.717) is 17.0 Å². The first-order valence-electron chi connectivity index (χ1n) is 8.07. The molecule has 3 aromatic rings. The number of ether oxygens (including phenoxy) is 1. The second kappa shape index (κ2) is 7.32. The van der Waals surface area contributed by atoms with E-state index in [0.717, 1.165) is 10.8 Å². The fraction of sp³-hybridized carbons (Fsp3) is 0.200. The van der Waals surface area contributed by atoms with Crippen molar-refractivity contribution in [2.45, 2.75) is 19.1 Å². The Bertz CT molecular complexity index is 872. The molecule has 3 rings (SSSR count). The molecule has 2 atom stereocenters. The van der Waals surface area contributed by atoms with Gasteiger partial charge in [-0.3, -0.25) is 9.78 Å². The van der Waals surface area contributed by atoms with Crippen molar-refractivity contribution in [3.63, 3.8) is 0 Å². The van der Waals surface area contributed by atoms with Crippen LogP contribution in [0.4, 0.5) is 0 Å². The number of carbonyl (C=O) groups is 1. The average molecular weight is 336 g/mol. The number of carbonyl (C=O) groups excluding carboxylic acids is 1. The maximum atomic E-state index is 12.6. The number of rotatable bonds is 5. The summed E-state index contributed by atoms with van der Waals surface area (Å²) in [6.45, 7) is 1.76. The van der Waals surface area contributed by atoms with Crippen LogP contribution >= 0.6 is 0 Å². The average Bonchev–Trinajstić information content (AvgIpc) is 2.66. The van der Waals surface area contributed by atoms with E-state index in [2.05, 4.69) is 10.3 Å². The van der Waals surface area contributed by atoms with Gasteiger partial charge in [0, 0.05) is 11.6 Å². The van der Waals surface area contributed by atoms with Crippen LogP contribution in [0.15, 0.2) is 60.8 Å². The highest BCUT2D eigenvalue weighted by atomic mass is 16.5. The van der Waals surface area contributed by atoms with Gasteiger partial charge in [-0.15, -0.1) is 0 Å². The molecule has 0 bridgehead atoms. The smallest absolute Gasteiger partial charge is 0.270 e. The van der Waals surface area contributed by atoms with Gasteiger partial charge in [0.2, 0.25) is 0 Å². The first kappa shape index (κ1) is 16.9. The summed E-state index contributed by atoms with van der Waals surface area (Å²) in [5.41, 5.74) is 1.06. The number of hydrogen-bond donors (Lipinski definition) is 2. The molecule has 25 heavy (non-hydrogen) atoms. The molecule has 0 aliphatic rings. The molecule has 0 fully saturated rings.